The van der Waals surface area contributed by atoms with Gasteiger partial charge in [0, 0.05) is 18.9 Å². The summed E-state index contributed by atoms with van der Waals surface area (Å²) in [6.45, 7) is 8.20. The molecule has 0 unspecified atom stereocenters. The molecule has 1 aliphatic heterocycles. The lowest BCUT2D eigenvalue weighted by atomic mass is 9.94. The molecule has 0 saturated heterocycles. The van der Waals surface area contributed by atoms with E-state index in [2.05, 4.69) is 39.8 Å². The van der Waals surface area contributed by atoms with Gasteiger partial charge in [-0.15, -0.1) is 0 Å². The third kappa shape index (κ3) is 3.69. The van der Waals surface area contributed by atoms with Crippen molar-refractivity contribution in [2.24, 2.45) is 0 Å². The summed E-state index contributed by atoms with van der Waals surface area (Å²) < 4.78 is 5.41. The highest BCUT2D eigenvalue weighted by Crippen LogP contribution is 2.29. The molecule has 0 aromatic rings. The Morgan fingerprint density at radius 1 is 1.19 bits per heavy atom. The van der Waals surface area contributed by atoms with Crippen LogP contribution in [0.1, 0.15) is 40.5 Å². The molecule has 0 amide bonds. The molecule has 0 saturated carbocycles. The maximum Gasteiger partial charge on any atom is 0.331 e. The second-order valence-corrected chi connectivity index (χ2v) is 4.79. The number of allylic oxidation sites excluding steroid dienone is 2. The summed E-state index contributed by atoms with van der Waals surface area (Å²) in [7, 11) is 0. The number of cyclic esters (lactones) is 1. The Balaban J connectivity index is 2.78. The summed E-state index contributed by atoms with van der Waals surface area (Å²) in [6, 6.07) is 0. The van der Waals surface area contributed by atoms with Crippen LogP contribution >= 0.6 is 0 Å². The number of carbonyl (C=O) groups excluding carboxylic acids is 1. The van der Waals surface area contributed by atoms with E-state index in [9.17, 15) is 4.79 Å². The molecule has 0 aromatic heterocycles. The van der Waals surface area contributed by atoms with E-state index < -0.39 is 5.60 Å². The zero-order valence-electron chi connectivity index (χ0n) is 10.5. The highest BCUT2D eigenvalue weighted by molar-refractivity contribution is 5.85. The van der Waals surface area contributed by atoms with Crippen LogP contribution in [0.15, 0.2) is 35.5 Å². The maximum atomic E-state index is 11.2. The van der Waals surface area contributed by atoms with E-state index in [0.717, 1.165) is 12.8 Å². The number of esters is 1. The maximum absolute atomic E-state index is 11.2. The predicted molar refractivity (Wildman–Crippen MR) is 66.1 cm³/mol. The lowest BCUT2D eigenvalue weighted by Crippen LogP contribution is -2.27. The van der Waals surface area contributed by atoms with Crippen LogP contribution in [-0.2, 0) is 9.53 Å². The van der Waals surface area contributed by atoms with Gasteiger partial charge in [0.05, 0.1) is 0 Å². The lowest BCUT2D eigenvalue weighted by Gasteiger charge is -2.24. The largest absolute Gasteiger partial charge is 0.451 e. The van der Waals surface area contributed by atoms with Crippen LogP contribution in [0, 0.1) is 0 Å². The standard InChI is InChI=1S/C14H20O2/c1-11(2)5-8-14(9-6-12(3)4)10-7-13(15)16-14/h5-7,10H,8-9H2,1-4H3. The molecule has 0 spiro atoms. The first kappa shape index (κ1) is 12.8. The van der Waals surface area contributed by atoms with Gasteiger partial charge in [0.25, 0.3) is 0 Å². The molecule has 0 fully saturated rings. The minimum absolute atomic E-state index is 0.232. The molecule has 0 aliphatic carbocycles. The van der Waals surface area contributed by atoms with E-state index in [-0.39, 0.29) is 5.97 Å². The van der Waals surface area contributed by atoms with Crippen molar-refractivity contribution in [1.29, 1.82) is 0 Å². The molecule has 2 heteroatoms. The zero-order chi connectivity index (χ0) is 12.2. The number of hydrogen-bond donors (Lipinski definition) is 0. The SMILES string of the molecule is CC(C)=CCC1(CC=C(C)C)C=CC(=O)O1. The van der Waals surface area contributed by atoms with Crippen LogP contribution in [-0.4, -0.2) is 11.6 Å². The van der Waals surface area contributed by atoms with Crippen molar-refractivity contribution >= 4 is 5.97 Å². The molecular formula is C14H20O2. The van der Waals surface area contributed by atoms with Crippen molar-refractivity contribution in [3.8, 4) is 0 Å². The van der Waals surface area contributed by atoms with E-state index in [1.165, 1.54) is 17.2 Å². The number of carbonyl (C=O) groups is 1. The molecule has 1 heterocycles. The number of hydrogen-bond acceptors (Lipinski definition) is 2. The number of ether oxygens (including phenoxy) is 1. The first-order chi connectivity index (χ1) is 7.43. The molecular weight excluding hydrogens is 200 g/mol. The lowest BCUT2D eigenvalue weighted by molar-refractivity contribution is -0.145. The normalized spacial score (nSPS) is 16.9. The van der Waals surface area contributed by atoms with Crippen LogP contribution < -0.4 is 0 Å². The quantitative estimate of drug-likeness (QED) is 0.535. The van der Waals surface area contributed by atoms with Gasteiger partial charge in [0.2, 0.25) is 0 Å². The Morgan fingerprint density at radius 3 is 2.00 bits per heavy atom. The minimum atomic E-state index is -0.453. The van der Waals surface area contributed by atoms with E-state index in [1.54, 1.807) is 0 Å². The Kier molecular flexibility index (Phi) is 4.11. The van der Waals surface area contributed by atoms with Gasteiger partial charge >= 0.3 is 5.97 Å². The van der Waals surface area contributed by atoms with Crippen molar-refractivity contribution in [3.05, 3.63) is 35.5 Å². The highest BCUT2D eigenvalue weighted by Gasteiger charge is 2.33. The van der Waals surface area contributed by atoms with Crippen LogP contribution in [0.25, 0.3) is 0 Å². The average molecular weight is 220 g/mol. The minimum Gasteiger partial charge on any atom is -0.451 e. The summed E-state index contributed by atoms with van der Waals surface area (Å²) in [5.41, 5.74) is 2.03. The third-order valence-corrected chi connectivity index (χ3v) is 2.54. The fourth-order valence-electron chi connectivity index (χ4n) is 1.54. The first-order valence-electron chi connectivity index (χ1n) is 5.62. The van der Waals surface area contributed by atoms with Gasteiger partial charge in [-0.25, -0.2) is 4.79 Å². The molecule has 88 valence electrons. The average Bonchev–Trinajstić information content (AvgIpc) is 2.55. The molecule has 0 atom stereocenters. The van der Waals surface area contributed by atoms with Crippen molar-refractivity contribution in [1.82, 2.24) is 0 Å². The molecule has 0 N–H and O–H groups in total. The monoisotopic (exact) mass is 220 g/mol. The van der Waals surface area contributed by atoms with Crippen molar-refractivity contribution in [2.45, 2.75) is 46.1 Å². The Hall–Kier alpha value is -1.31. The van der Waals surface area contributed by atoms with Crippen molar-refractivity contribution in [3.63, 3.8) is 0 Å². The highest BCUT2D eigenvalue weighted by atomic mass is 16.6. The molecule has 0 bridgehead atoms. The van der Waals surface area contributed by atoms with E-state index >= 15 is 0 Å². The van der Waals surface area contributed by atoms with Crippen LogP contribution in [0.4, 0.5) is 0 Å². The Bertz CT molecular complexity index is 331. The van der Waals surface area contributed by atoms with Gasteiger partial charge in [-0.1, -0.05) is 23.3 Å². The summed E-state index contributed by atoms with van der Waals surface area (Å²) in [5.74, 6) is -0.232. The smallest absolute Gasteiger partial charge is 0.331 e. The van der Waals surface area contributed by atoms with E-state index in [4.69, 9.17) is 4.74 Å². The second-order valence-electron chi connectivity index (χ2n) is 4.79. The topological polar surface area (TPSA) is 26.3 Å². The van der Waals surface area contributed by atoms with Gasteiger partial charge in [0.15, 0.2) is 0 Å². The fourth-order valence-corrected chi connectivity index (χ4v) is 1.54. The van der Waals surface area contributed by atoms with Gasteiger partial charge in [-0.3, -0.25) is 0 Å². The van der Waals surface area contributed by atoms with Gasteiger partial charge in [-0.05, 0) is 33.8 Å². The molecule has 0 radical (unpaired) electrons. The Labute approximate surface area is 97.7 Å². The summed E-state index contributed by atoms with van der Waals surface area (Å²) in [6.07, 6.45) is 9.14. The third-order valence-electron chi connectivity index (χ3n) is 2.54. The van der Waals surface area contributed by atoms with Crippen LogP contribution in [0.2, 0.25) is 0 Å². The summed E-state index contributed by atoms with van der Waals surface area (Å²) in [4.78, 5) is 11.2. The summed E-state index contributed by atoms with van der Waals surface area (Å²) in [5, 5.41) is 0. The number of rotatable bonds is 4. The first-order valence-corrected chi connectivity index (χ1v) is 5.62. The van der Waals surface area contributed by atoms with Crippen LogP contribution in [0.3, 0.4) is 0 Å². The van der Waals surface area contributed by atoms with E-state index in [1.807, 2.05) is 6.08 Å². The van der Waals surface area contributed by atoms with Gasteiger partial charge in [0.1, 0.15) is 5.60 Å². The molecule has 16 heavy (non-hydrogen) atoms. The molecule has 1 rings (SSSR count). The fraction of sp³-hybridized carbons (Fsp3) is 0.500. The predicted octanol–water partition coefficient (Wildman–Crippen LogP) is 3.55. The molecule has 2 nitrogen and oxygen atoms in total. The Morgan fingerprint density at radius 2 is 1.69 bits per heavy atom. The molecule has 1 aliphatic rings. The summed E-state index contributed by atoms with van der Waals surface area (Å²) >= 11 is 0. The van der Waals surface area contributed by atoms with Gasteiger partial charge < -0.3 is 4.74 Å². The molecule has 0 aromatic carbocycles. The van der Waals surface area contributed by atoms with Crippen molar-refractivity contribution < 1.29 is 9.53 Å². The van der Waals surface area contributed by atoms with Crippen molar-refractivity contribution in [2.75, 3.05) is 0 Å². The van der Waals surface area contributed by atoms with Crippen LogP contribution in [0.5, 0.6) is 0 Å². The van der Waals surface area contributed by atoms with Gasteiger partial charge in [-0.2, -0.15) is 0 Å². The van der Waals surface area contributed by atoms with E-state index in [0.29, 0.717) is 0 Å². The second kappa shape index (κ2) is 5.15. The zero-order valence-corrected chi connectivity index (χ0v) is 10.5.